The number of halogens is 6. The van der Waals surface area contributed by atoms with Crippen LogP contribution >= 0.6 is 0 Å². The molecule has 3 aromatic carbocycles. The number of rotatable bonds is 7. The van der Waals surface area contributed by atoms with Gasteiger partial charge in [0.15, 0.2) is 0 Å². The van der Waals surface area contributed by atoms with Gasteiger partial charge >= 0.3 is 18.4 Å². The molecule has 0 aliphatic carbocycles. The number of aromatic nitrogens is 1. The number of nitrogens with zero attached hydrogens (tertiary/aromatic N) is 2. The van der Waals surface area contributed by atoms with Crippen molar-refractivity contribution in [2.45, 2.75) is 32.0 Å². The largest absolute Gasteiger partial charge is 0.416 e. The van der Waals surface area contributed by atoms with Gasteiger partial charge in [-0.3, -0.25) is 0 Å². The van der Waals surface area contributed by atoms with E-state index in [-0.39, 0.29) is 25.3 Å². The smallest absolute Gasteiger partial charge is 0.345 e. The highest BCUT2D eigenvalue weighted by atomic mass is 19.4. The van der Waals surface area contributed by atoms with Gasteiger partial charge in [-0.15, -0.1) is 0 Å². The first kappa shape index (κ1) is 26.8. The molecule has 1 aromatic heterocycles. The van der Waals surface area contributed by atoms with E-state index in [1.165, 1.54) is 23.1 Å². The zero-order valence-electron chi connectivity index (χ0n) is 19.9. The summed E-state index contributed by atoms with van der Waals surface area (Å²) < 4.78 is 79.8. The molecule has 10 heteroatoms. The Morgan fingerprint density at radius 2 is 1.37 bits per heavy atom. The molecule has 0 fully saturated rings. The van der Waals surface area contributed by atoms with E-state index in [9.17, 15) is 31.1 Å². The van der Waals surface area contributed by atoms with E-state index in [1.807, 2.05) is 30.3 Å². The van der Waals surface area contributed by atoms with E-state index in [4.69, 9.17) is 0 Å². The molecule has 0 atom stereocenters. The molecule has 0 radical (unpaired) electrons. The van der Waals surface area contributed by atoms with Gasteiger partial charge in [-0.25, -0.2) is 4.79 Å². The molecule has 0 saturated heterocycles. The molecule has 0 spiro atoms. The fourth-order valence-electron chi connectivity index (χ4n) is 3.93. The number of carbonyl (C=O) groups excluding carboxylic acids is 1. The second-order valence-electron chi connectivity index (χ2n) is 8.67. The van der Waals surface area contributed by atoms with Crippen molar-refractivity contribution in [2.75, 3.05) is 5.32 Å². The van der Waals surface area contributed by atoms with Crippen LogP contribution in [0.15, 0.2) is 97.2 Å². The lowest BCUT2D eigenvalue weighted by Crippen LogP contribution is -2.34. The summed E-state index contributed by atoms with van der Waals surface area (Å²) >= 11 is 0. The van der Waals surface area contributed by atoms with Crippen molar-refractivity contribution in [3.63, 3.8) is 0 Å². The van der Waals surface area contributed by atoms with Crippen LogP contribution in [0, 0.1) is 0 Å². The minimum atomic E-state index is -4.49. The third-order valence-corrected chi connectivity index (χ3v) is 5.85. The molecule has 4 rings (SSSR count). The van der Waals surface area contributed by atoms with Gasteiger partial charge in [0.1, 0.15) is 0 Å². The first-order valence-corrected chi connectivity index (χ1v) is 11.6. The van der Waals surface area contributed by atoms with Gasteiger partial charge < -0.3 is 14.8 Å². The minimum absolute atomic E-state index is 0.104. The number of carbonyl (C=O) groups is 1. The normalized spacial score (nSPS) is 11.8. The van der Waals surface area contributed by atoms with E-state index >= 15 is 0 Å². The van der Waals surface area contributed by atoms with Crippen LogP contribution in [0.2, 0.25) is 0 Å². The Labute approximate surface area is 215 Å². The van der Waals surface area contributed by atoms with E-state index in [0.717, 1.165) is 29.8 Å². The fourth-order valence-corrected chi connectivity index (χ4v) is 3.93. The predicted octanol–water partition coefficient (Wildman–Crippen LogP) is 7.81. The van der Waals surface area contributed by atoms with E-state index in [0.29, 0.717) is 11.3 Å². The predicted molar refractivity (Wildman–Crippen MR) is 131 cm³/mol. The number of benzene rings is 3. The first-order valence-electron chi connectivity index (χ1n) is 11.6. The standard InChI is InChI=1S/C28H23F6N3O/c29-27(30,31)22-11-13-24(14-12-22)35-26(38)37(17-20-6-2-1-3-7-20)19-25-10-5-15-36(25)18-21-8-4-9-23(16-21)28(32,33)34/h1-16H,17-19H2,(H,35,38). The first-order chi connectivity index (χ1) is 18.0. The maximum Gasteiger partial charge on any atom is 0.416 e. The van der Waals surface area contributed by atoms with Gasteiger partial charge in [-0.1, -0.05) is 42.5 Å². The number of anilines is 1. The van der Waals surface area contributed by atoms with Gasteiger partial charge in [0, 0.05) is 30.7 Å². The third-order valence-electron chi connectivity index (χ3n) is 5.85. The summed E-state index contributed by atoms with van der Waals surface area (Å²) in [6.45, 7) is 0.460. The van der Waals surface area contributed by atoms with Crippen LogP contribution in [-0.2, 0) is 32.0 Å². The Morgan fingerprint density at radius 1 is 0.711 bits per heavy atom. The van der Waals surface area contributed by atoms with Crippen molar-refractivity contribution in [3.8, 4) is 0 Å². The number of hydrogen-bond acceptors (Lipinski definition) is 1. The molecule has 0 aliphatic heterocycles. The van der Waals surface area contributed by atoms with Crippen LogP contribution in [0.25, 0.3) is 0 Å². The molecule has 0 saturated carbocycles. The Hall–Kier alpha value is -4.21. The third kappa shape index (κ3) is 6.96. The second kappa shape index (κ2) is 11.0. The second-order valence-corrected chi connectivity index (χ2v) is 8.67. The van der Waals surface area contributed by atoms with Crippen LogP contribution in [0.4, 0.5) is 36.8 Å². The van der Waals surface area contributed by atoms with Crippen molar-refractivity contribution in [3.05, 3.63) is 125 Å². The molecule has 0 unspecified atom stereocenters. The summed E-state index contributed by atoms with van der Waals surface area (Å²) in [7, 11) is 0. The van der Waals surface area contributed by atoms with Crippen molar-refractivity contribution in [1.82, 2.24) is 9.47 Å². The lowest BCUT2D eigenvalue weighted by atomic mass is 10.1. The van der Waals surface area contributed by atoms with Gasteiger partial charge in [0.25, 0.3) is 0 Å². The highest BCUT2D eigenvalue weighted by Crippen LogP contribution is 2.31. The summed E-state index contributed by atoms with van der Waals surface area (Å²) in [6.07, 6.45) is -7.24. The molecule has 1 N–H and O–H groups in total. The summed E-state index contributed by atoms with van der Waals surface area (Å²) in [6, 6.07) is 21.2. The number of hydrogen-bond donors (Lipinski definition) is 1. The molecule has 1 heterocycles. The van der Waals surface area contributed by atoms with Crippen LogP contribution in [0.1, 0.15) is 27.9 Å². The van der Waals surface area contributed by atoms with Crippen molar-refractivity contribution in [1.29, 1.82) is 0 Å². The Bertz CT molecular complexity index is 1360. The summed E-state index contributed by atoms with van der Waals surface area (Å²) in [5.41, 5.74) is 0.558. The Kier molecular flexibility index (Phi) is 7.80. The van der Waals surface area contributed by atoms with Gasteiger partial charge in [0.2, 0.25) is 0 Å². The Morgan fingerprint density at radius 3 is 2.03 bits per heavy atom. The monoisotopic (exact) mass is 531 g/mol. The zero-order valence-corrected chi connectivity index (χ0v) is 19.9. The maximum absolute atomic E-state index is 13.2. The van der Waals surface area contributed by atoms with Gasteiger partial charge in [0.05, 0.1) is 17.7 Å². The Balaban J connectivity index is 1.54. The molecule has 0 bridgehead atoms. The average molecular weight is 532 g/mol. The highest BCUT2D eigenvalue weighted by Gasteiger charge is 2.31. The van der Waals surface area contributed by atoms with Gasteiger partial charge in [-0.05, 0) is 59.7 Å². The summed E-state index contributed by atoms with van der Waals surface area (Å²) in [4.78, 5) is 14.7. The molecule has 4 nitrogen and oxygen atoms in total. The lowest BCUT2D eigenvalue weighted by molar-refractivity contribution is -0.138. The van der Waals surface area contributed by atoms with Crippen molar-refractivity contribution < 1.29 is 31.1 Å². The zero-order chi connectivity index (χ0) is 27.3. The SMILES string of the molecule is O=C(Nc1ccc(C(F)(F)F)cc1)N(Cc1ccccc1)Cc1cccn1Cc1cccc(C(F)(F)F)c1. The molecular weight excluding hydrogens is 508 g/mol. The average Bonchev–Trinajstić information content (AvgIpc) is 3.30. The van der Waals surface area contributed by atoms with Gasteiger partial charge in [-0.2, -0.15) is 26.3 Å². The quantitative estimate of drug-likeness (QED) is 0.243. The van der Waals surface area contributed by atoms with Crippen LogP contribution in [-0.4, -0.2) is 15.5 Å². The van der Waals surface area contributed by atoms with Crippen molar-refractivity contribution in [2.24, 2.45) is 0 Å². The molecule has 38 heavy (non-hydrogen) atoms. The molecule has 4 aromatic rings. The van der Waals surface area contributed by atoms with Crippen LogP contribution in [0.3, 0.4) is 0 Å². The number of alkyl halides is 6. The summed E-state index contributed by atoms with van der Waals surface area (Å²) in [5.74, 6) is 0. The van der Waals surface area contributed by atoms with Crippen LogP contribution in [0.5, 0.6) is 0 Å². The van der Waals surface area contributed by atoms with Crippen LogP contribution < -0.4 is 5.32 Å². The molecule has 198 valence electrons. The number of nitrogens with one attached hydrogen (secondary N) is 1. The molecule has 2 amide bonds. The lowest BCUT2D eigenvalue weighted by Gasteiger charge is -2.24. The van der Waals surface area contributed by atoms with E-state index < -0.39 is 29.5 Å². The number of urea groups is 1. The maximum atomic E-state index is 13.2. The van der Waals surface area contributed by atoms with Crippen molar-refractivity contribution >= 4 is 11.7 Å². The topological polar surface area (TPSA) is 37.3 Å². The fraction of sp³-hybridized carbons (Fsp3) is 0.179. The van der Waals surface area contributed by atoms with E-state index in [1.54, 1.807) is 29.0 Å². The highest BCUT2D eigenvalue weighted by molar-refractivity contribution is 5.89. The molecular formula is C28H23F6N3O. The molecule has 0 aliphatic rings. The minimum Gasteiger partial charge on any atom is -0.345 e. The summed E-state index contributed by atoms with van der Waals surface area (Å²) in [5, 5.41) is 2.63. The number of amides is 2. The van der Waals surface area contributed by atoms with E-state index in [2.05, 4.69) is 5.32 Å².